The topological polar surface area (TPSA) is 127 Å². The quantitative estimate of drug-likeness (QED) is 0.325. The number of aliphatic hydroxyl groups excluding tert-OH is 1. The number of ether oxygens (including phenoxy) is 1. The molecule has 8 nitrogen and oxygen atoms in total. The third kappa shape index (κ3) is 4.52. The molecular formula is C28H31N5O3. The van der Waals surface area contributed by atoms with Crippen LogP contribution in [0.4, 0.5) is 5.69 Å². The summed E-state index contributed by atoms with van der Waals surface area (Å²) in [6.07, 6.45) is 2.44. The molecule has 5 rings (SSSR count). The maximum atomic E-state index is 12.8. The summed E-state index contributed by atoms with van der Waals surface area (Å²) in [5, 5.41) is 27.2. The van der Waals surface area contributed by atoms with E-state index in [-0.39, 0.29) is 23.9 Å². The maximum Gasteiger partial charge on any atom is 0.253 e. The molecule has 1 amide bonds. The number of nitrogens with zero attached hydrogens (tertiary/aromatic N) is 2. The number of hydrogen-bond donors (Lipinski definition) is 4. The summed E-state index contributed by atoms with van der Waals surface area (Å²) in [5.74, 6) is 1.04. The van der Waals surface area contributed by atoms with E-state index >= 15 is 0 Å². The van der Waals surface area contributed by atoms with Gasteiger partial charge < -0.3 is 25.4 Å². The second kappa shape index (κ2) is 9.62. The van der Waals surface area contributed by atoms with Crippen molar-refractivity contribution in [1.82, 2.24) is 4.90 Å². The van der Waals surface area contributed by atoms with E-state index in [4.69, 9.17) is 21.3 Å². The SMILES string of the molecule is CC(=N)N1CCC(Oc2ccc3c(c2)CC(c2ccc4ccc(C(=N)N)cc4c2)N3C(=O)CO)CC1. The largest absolute Gasteiger partial charge is 0.490 e. The molecule has 3 aromatic carbocycles. The number of amidine groups is 2. The minimum atomic E-state index is -0.568. The van der Waals surface area contributed by atoms with Gasteiger partial charge in [-0.05, 0) is 65.6 Å². The average Bonchev–Trinajstić information content (AvgIpc) is 3.26. The van der Waals surface area contributed by atoms with Gasteiger partial charge in [-0.15, -0.1) is 0 Å². The van der Waals surface area contributed by atoms with E-state index in [1.165, 1.54) is 0 Å². The Kier molecular flexibility index (Phi) is 6.36. The number of hydrogen-bond acceptors (Lipinski definition) is 5. The monoisotopic (exact) mass is 485 g/mol. The number of aliphatic hydroxyl groups is 1. The van der Waals surface area contributed by atoms with Crippen molar-refractivity contribution < 1.29 is 14.6 Å². The maximum absolute atomic E-state index is 12.8. The predicted molar refractivity (Wildman–Crippen MR) is 141 cm³/mol. The van der Waals surface area contributed by atoms with E-state index in [9.17, 15) is 9.90 Å². The van der Waals surface area contributed by atoms with E-state index in [0.29, 0.717) is 17.8 Å². The number of carbonyl (C=O) groups is 1. The summed E-state index contributed by atoms with van der Waals surface area (Å²) in [6.45, 7) is 2.88. The first-order valence-electron chi connectivity index (χ1n) is 12.2. The van der Waals surface area contributed by atoms with Crippen LogP contribution in [-0.4, -0.2) is 53.4 Å². The zero-order valence-corrected chi connectivity index (χ0v) is 20.3. The van der Waals surface area contributed by atoms with Gasteiger partial charge in [0.15, 0.2) is 0 Å². The molecule has 186 valence electrons. The van der Waals surface area contributed by atoms with E-state index in [1.54, 1.807) is 4.90 Å². The summed E-state index contributed by atoms with van der Waals surface area (Å²) in [4.78, 5) is 16.6. The Morgan fingerprint density at radius 3 is 2.50 bits per heavy atom. The first-order valence-corrected chi connectivity index (χ1v) is 12.2. The summed E-state index contributed by atoms with van der Waals surface area (Å²) >= 11 is 0. The van der Waals surface area contributed by atoms with Crippen molar-refractivity contribution in [3.05, 3.63) is 71.3 Å². The van der Waals surface area contributed by atoms with Crippen LogP contribution >= 0.6 is 0 Å². The number of benzene rings is 3. The Morgan fingerprint density at radius 2 is 1.81 bits per heavy atom. The van der Waals surface area contributed by atoms with Crippen LogP contribution in [0.25, 0.3) is 10.8 Å². The number of anilines is 1. The van der Waals surface area contributed by atoms with E-state index < -0.39 is 6.61 Å². The number of piperidine rings is 1. The highest BCUT2D eigenvalue weighted by atomic mass is 16.5. The molecule has 0 aromatic heterocycles. The van der Waals surface area contributed by atoms with E-state index in [2.05, 4.69) is 4.90 Å². The fourth-order valence-electron chi connectivity index (χ4n) is 5.29. The Bertz CT molecular complexity index is 1350. The van der Waals surface area contributed by atoms with Gasteiger partial charge >= 0.3 is 0 Å². The number of nitrogen functional groups attached to an aromatic ring is 1. The molecule has 1 atom stereocenters. The van der Waals surface area contributed by atoms with Gasteiger partial charge in [-0.1, -0.05) is 24.3 Å². The highest BCUT2D eigenvalue weighted by Gasteiger charge is 2.35. The summed E-state index contributed by atoms with van der Waals surface area (Å²) in [5.41, 5.74) is 9.09. The van der Waals surface area contributed by atoms with E-state index in [1.807, 2.05) is 61.5 Å². The summed E-state index contributed by atoms with van der Waals surface area (Å²) in [6, 6.07) is 17.3. The van der Waals surface area contributed by atoms with Crippen molar-refractivity contribution in [1.29, 1.82) is 10.8 Å². The molecule has 0 radical (unpaired) electrons. The van der Waals surface area contributed by atoms with Gasteiger partial charge in [-0.3, -0.25) is 15.6 Å². The molecule has 1 fully saturated rings. The highest BCUT2D eigenvalue weighted by Crippen LogP contribution is 2.43. The van der Waals surface area contributed by atoms with Crippen LogP contribution in [0.1, 0.15) is 42.5 Å². The lowest BCUT2D eigenvalue weighted by molar-refractivity contribution is -0.121. The zero-order valence-electron chi connectivity index (χ0n) is 20.3. The van der Waals surface area contributed by atoms with Crippen molar-refractivity contribution in [3.63, 3.8) is 0 Å². The molecule has 2 heterocycles. The second-order valence-electron chi connectivity index (χ2n) is 9.56. The van der Waals surface area contributed by atoms with E-state index in [0.717, 1.165) is 59.3 Å². The predicted octanol–water partition coefficient (Wildman–Crippen LogP) is 3.59. The molecular weight excluding hydrogens is 454 g/mol. The molecule has 5 N–H and O–H groups in total. The fourth-order valence-corrected chi connectivity index (χ4v) is 5.29. The van der Waals surface area contributed by atoms with Crippen LogP contribution in [-0.2, 0) is 11.2 Å². The third-order valence-electron chi connectivity index (χ3n) is 7.22. The molecule has 0 saturated carbocycles. The highest BCUT2D eigenvalue weighted by molar-refractivity contribution is 6.00. The van der Waals surface area contributed by atoms with Gasteiger partial charge in [0.05, 0.1) is 11.9 Å². The number of likely N-dealkylation sites (tertiary alicyclic amines) is 1. The summed E-state index contributed by atoms with van der Waals surface area (Å²) < 4.78 is 6.28. The molecule has 36 heavy (non-hydrogen) atoms. The molecule has 1 unspecified atom stereocenters. The van der Waals surface area contributed by atoms with Crippen LogP contribution < -0.4 is 15.4 Å². The molecule has 2 aliphatic rings. The molecule has 3 aromatic rings. The van der Waals surface area contributed by atoms with Crippen molar-refractivity contribution in [2.75, 3.05) is 24.6 Å². The van der Waals surface area contributed by atoms with Crippen molar-refractivity contribution >= 4 is 34.0 Å². The lowest BCUT2D eigenvalue weighted by Gasteiger charge is -2.32. The lowest BCUT2D eigenvalue weighted by Crippen LogP contribution is -2.40. The van der Waals surface area contributed by atoms with Gasteiger partial charge in [0.25, 0.3) is 5.91 Å². The van der Waals surface area contributed by atoms with Crippen molar-refractivity contribution in [2.45, 2.75) is 38.3 Å². The van der Waals surface area contributed by atoms with Gasteiger partial charge in [0, 0.05) is 37.2 Å². The second-order valence-corrected chi connectivity index (χ2v) is 9.56. The first kappa shape index (κ1) is 23.8. The molecule has 0 aliphatic carbocycles. The van der Waals surface area contributed by atoms with Gasteiger partial charge in [0.1, 0.15) is 24.3 Å². The normalized spacial score (nSPS) is 17.8. The Morgan fingerprint density at radius 1 is 1.06 bits per heavy atom. The molecule has 2 aliphatic heterocycles. The smallest absolute Gasteiger partial charge is 0.253 e. The Labute approximate surface area is 210 Å². The number of rotatable bonds is 5. The standard InChI is InChI=1S/C28H31N5O3/c1-17(29)32-10-8-23(9-11-32)36-24-6-7-25-22(14-24)15-26(33(25)27(35)16-34)19-4-2-18-3-5-20(28(30)31)13-21(18)12-19/h2-7,12-14,23,26,29,34H,8-11,15-16H2,1H3,(H3,30,31). The van der Waals surface area contributed by atoms with Crippen LogP contribution in [0.2, 0.25) is 0 Å². The van der Waals surface area contributed by atoms with Crippen molar-refractivity contribution in [3.8, 4) is 5.75 Å². The molecule has 8 heteroatoms. The number of amides is 1. The molecule has 0 spiro atoms. The van der Waals surface area contributed by atoms with Crippen LogP contribution in [0.5, 0.6) is 5.75 Å². The first-order chi connectivity index (χ1) is 17.3. The average molecular weight is 486 g/mol. The van der Waals surface area contributed by atoms with Crippen LogP contribution in [0.15, 0.2) is 54.6 Å². The zero-order chi connectivity index (χ0) is 25.4. The van der Waals surface area contributed by atoms with Gasteiger partial charge in [-0.2, -0.15) is 0 Å². The van der Waals surface area contributed by atoms with Gasteiger partial charge in [0.2, 0.25) is 0 Å². The summed E-state index contributed by atoms with van der Waals surface area (Å²) in [7, 11) is 0. The number of nitrogens with one attached hydrogen (secondary N) is 2. The minimum Gasteiger partial charge on any atom is -0.490 e. The number of carbonyl (C=O) groups excluding carboxylic acids is 1. The van der Waals surface area contributed by atoms with Crippen LogP contribution in [0.3, 0.4) is 0 Å². The third-order valence-corrected chi connectivity index (χ3v) is 7.22. The number of fused-ring (bicyclic) bond motifs is 2. The lowest BCUT2D eigenvalue weighted by atomic mass is 9.97. The van der Waals surface area contributed by atoms with Crippen molar-refractivity contribution in [2.24, 2.45) is 5.73 Å². The van der Waals surface area contributed by atoms with Gasteiger partial charge in [-0.25, -0.2) is 0 Å². The molecule has 1 saturated heterocycles. The number of nitrogens with two attached hydrogens (primary N) is 1. The van der Waals surface area contributed by atoms with Crippen LogP contribution in [0, 0.1) is 10.8 Å². The Balaban J connectivity index is 1.41. The Hall–Kier alpha value is -3.91. The fraction of sp³-hybridized carbons (Fsp3) is 0.321. The minimum absolute atomic E-state index is 0.0128. The molecule has 0 bridgehead atoms.